The summed E-state index contributed by atoms with van der Waals surface area (Å²) in [5, 5.41) is 2.83. The van der Waals surface area contributed by atoms with E-state index in [1.165, 1.54) is 0 Å². The lowest BCUT2D eigenvalue weighted by Crippen LogP contribution is -2.37. The van der Waals surface area contributed by atoms with E-state index in [9.17, 15) is 4.79 Å². The molecule has 4 nitrogen and oxygen atoms in total. The Morgan fingerprint density at radius 2 is 1.53 bits per heavy atom. The standard InChI is InChI=1S/C15H15N3O/c1-18-12-8-4-2-6-10(12)14(17-15(16)19)11-7-3-5-9-13(11)18/h2-9,14H,1H3,(H3,16,17,19). The number of para-hydroxylation sites is 2. The number of amides is 2. The van der Waals surface area contributed by atoms with Gasteiger partial charge in [0.05, 0.1) is 6.04 Å². The first-order valence-electron chi connectivity index (χ1n) is 6.16. The van der Waals surface area contributed by atoms with Gasteiger partial charge in [-0.1, -0.05) is 36.4 Å². The first kappa shape index (κ1) is 11.6. The van der Waals surface area contributed by atoms with Crippen LogP contribution in [0.25, 0.3) is 0 Å². The van der Waals surface area contributed by atoms with E-state index in [2.05, 4.69) is 10.2 Å². The van der Waals surface area contributed by atoms with E-state index in [0.717, 1.165) is 22.5 Å². The van der Waals surface area contributed by atoms with E-state index in [1.807, 2.05) is 55.6 Å². The van der Waals surface area contributed by atoms with Crippen LogP contribution in [-0.4, -0.2) is 13.1 Å². The Bertz CT molecular complexity index is 591. The third-order valence-electron chi connectivity index (χ3n) is 3.50. The number of nitrogens with zero attached hydrogens (tertiary/aromatic N) is 1. The van der Waals surface area contributed by atoms with Gasteiger partial charge in [-0.25, -0.2) is 4.79 Å². The molecule has 2 aromatic rings. The summed E-state index contributed by atoms with van der Waals surface area (Å²) in [6, 6.07) is 15.3. The molecule has 0 spiro atoms. The molecule has 3 rings (SSSR count). The minimum Gasteiger partial charge on any atom is -0.352 e. The van der Waals surface area contributed by atoms with Gasteiger partial charge in [-0.3, -0.25) is 0 Å². The molecular formula is C15H15N3O. The summed E-state index contributed by atoms with van der Waals surface area (Å²) in [6.45, 7) is 0. The zero-order valence-corrected chi connectivity index (χ0v) is 10.6. The number of nitrogens with one attached hydrogen (secondary N) is 1. The van der Waals surface area contributed by atoms with Crippen LogP contribution in [0, 0.1) is 0 Å². The molecule has 0 bridgehead atoms. The second kappa shape index (κ2) is 4.31. The van der Waals surface area contributed by atoms with Gasteiger partial charge >= 0.3 is 6.03 Å². The van der Waals surface area contributed by atoms with Gasteiger partial charge in [0.25, 0.3) is 0 Å². The highest BCUT2D eigenvalue weighted by Gasteiger charge is 2.28. The van der Waals surface area contributed by atoms with Crippen LogP contribution in [0.15, 0.2) is 48.5 Å². The van der Waals surface area contributed by atoms with Gasteiger partial charge in [0.15, 0.2) is 0 Å². The Kier molecular flexibility index (Phi) is 2.63. The molecule has 0 atom stereocenters. The van der Waals surface area contributed by atoms with Crippen molar-refractivity contribution in [3.8, 4) is 0 Å². The highest BCUT2D eigenvalue weighted by atomic mass is 16.2. The molecule has 19 heavy (non-hydrogen) atoms. The van der Waals surface area contributed by atoms with Crippen LogP contribution < -0.4 is 16.0 Å². The van der Waals surface area contributed by atoms with E-state index in [0.29, 0.717) is 0 Å². The molecule has 0 fully saturated rings. The number of nitrogens with two attached hydrogens (primary N) is 1. The van der Waals surface area contributed by atoms with E-state index >= 15 is 0 Å². The maximum absolute atomic E-state index is 11.3. The van der Waals surface area contributed by atoms with Gasteiger partial charge in [-0.05, 0) is 12.1 Å². The predicted molar refractivity (Wildman–Crippen MR) is 75.5 cm³/mol. The van der Waals surface area contributed by atoms with Crippen molar-refractivity contribution in [3.05, 3.63) is 59.7 Å². The van der Waals surface area contributed by atoms with Crippen LogP contribution in [0.4, 0.5) is 16.2 Å². The minimum absolute atomic E-state index is 0.193. The summed E-state index contributed by atoms with van der Waals surface area (Å²) in [5.41, 5.74) is 9.59. The Morgan fingerprint density at radius 3 is 2.00 bits per heavy atom. The Labute approximate surface area is 111 Å². The number of primary amides is 1. The Morgan fingerprint density at radius 1 is 1.05 bits per heavy atom. The molecule has 1 aliphatic rings. The van der Waals surface area contributed by atoms with Crippen molar-refractivity contribution >= 4 is 17.4 Å². The molecular weight excluding hydrogens is 238 g/mol. The zero-order valence-electron chi connectivity index (χ0n) is 10.6. The molecule has 4 heteroatoms. The fourth-order valence-electron chi connectivity index (χ4n) is 2.67. The summed E-state index contributed by atoms with van der Waals surface area (Å²) in [4.78, 5) is 13.4. The molecule has 0 saturated carbocycles. The molecule has 2 aromatic carbocycles. The molecule has 96 valence electrons. The van der Waals surface area contributed by atoms with Crippen molar-refractivity contribution in [2.75, 3.05) is 11.9 Å². The molecule has 0 aromatic heterocycles. The lowest BCUT2D eigenvalue weighted by atomic mass is 9.91. The molecule has 1 aliphatic heterocycles. The molecule has 2 amide bonds. The minimum atomic E-state index is -0.515. The lowest BCUT2D eigenvalue weighted by Gasteiger charge is -2.35. The summed E-state index contributed by atoms with van der Waals surface area (Å²) < 4.78 is 0. The number of benzene rings is 2. The third kappa shape index (κ3) is 1.81. The molecule has 3 N–H and O–H groups in total. The van der Waals surface area contributed by atoms with Crippen LogP contribution in [0.2, 0.25) is 0 Å². The Balaban J connectivity index is 2.20. The van der Waals surface area contributed by atoms with Gasteiger partial charge in [-0.15, -0.1) is 0 Å². The van der Waals surface area contributed by atoms with Crippen LogP contribution in [0.5, 0.6) is 0 Å². The van der Waals surface area contributed by atoms with Gasteiger partial charge in [0.1, 0.15) is 0 Å². The van der Waals surface area contributed by atoms with E-state index < -0.39 is 6.03 Å². The highest BCUT2D eigenvalue weighted by molar-refractivity contribution is 5.79. The van der Waals surface area contributed by atoms with Crippen molar-refractivity contribution in [3.63, 3.8) is 0 Å². The number of fused-ring (bicyclic) bond motifs is 2. The van der Waals surface area contributed by atoms with Gasteiger partial charge in [0, 0.05) is 29.5 Å². The predicted octanol–water partition coefficient (Wildman–Crippen LogP) is 2.53. The van der Waals surface area contributed by atoms with E-state index in [-0.39, 0.29) is 6.04 Å². The average molecular weight is 253 g/mol. The second-order valence-corrected chi connectivity index (χ2v) is 4.62. The zero-order chi connectivity index (χ0) is 13.4. The van der Waals surface area contributed by atoms with Crippen molar-refractivity contribution < 1.29 is 4.79 Å². The summed E-state index contributed by atoms with van der Waals surface area (Å²) >= 11 is 0. The van der Waals surface area contributed by atoms with Crippen LogP contribution in [0.3, 0.4) is 0 Å². The lowest BCUT2D eigenvalue weighted by molar-refractivity contribution is 0.247. The number of anilines is 2. The average Bonchev–Trinajstić information content (AvgIpc) is 2.43. The molecule has 0 aliphatic carbocycles. The summed E-state index contributed by atoms with van der Waals surface area (Å²) in [6.07, 6.45) is 0. The van der Waals surface area contributed by atoms with Crippen LogP contribution in [-0.2, 0) is 0 Å². The summed E-state index contributed by atoms with van der Waals surface area (Å²) in [5.74, 6) is 0. The van der Waals surface area contributed by atoms with Gasteiger partial charge < -0.3 is 16.0 Å². The highest BCUT2D eigenvalue weighted by Crippen LogP contribution is 2.42. The number of carbonyl (C=O) groups excluding carboxylic acids is 1. The monoisotopic (exact) mass is 253 g/mol. The SMILES string of the molecule is CN1c2ccccc2C(NC(N)=O)c2ccccc21. The molecule has 0 radical (unpaired) electrons. The quantitative estimate of drug-likeness (QED) is 0.820. The number of hydrogen-bond acceptors (Lipinski definition) is 2. The first-order valence-corrected chi connectivity index (χ1v) is 6.16. The first-order chi connectivity index (χ1) is 9.18. The number of carbonyl (C=O) groups is 1. The van der Waals surface area contributed by atoms with Crippen LogP contribution in [0.1, 0.15) is 17.2 Å². The fourth-order valence-corrected chi connectivity index (χ4v) is 2.67. The number of urea groups is 1. The Hall–Kier alpha value is -2.49. The van der Waals surface area contributed by atoms with Crippen molar-refractivity contribution in [2.24, 2.45) is 5.73 Å². The van der Waals surface area contributed by atoms with E-state index in [1.54, 1.807) is 0 Å². The molecule has 1 heterocycles. The van der Waals surface area contributed by atoms with Crippen molar-refractivity contribution in [2.45, 2.75) is 6.04 Å². The van der Waals surface area contributed by atoms with Crippen molar-refractivity contribution in [1.29, 1.82) is 0 Å². The van der Waals surface area contributed by atoms with Crippen molar-refractivity contribution in [1.82, 2.24) is 5.32 Å². The number of rotatable bonds is 1. The maximum atomic E-state index is 11.3. The van der Waals surface area contributed by atoms with Gasteiger partial charge in [0.2, 0.25) is 0 Å². The largest absolute Gasteiger partial charge is 0.352 e. The molecule has 0 unspecified atom stereocenters. The summed E-state index contributed by atoms with van der Waals surface area (Å²) in [7, 11) is 2.03. The smallest absolute Gasteiger partial charge is 0.312 e. The second-order valence-electron chi connectivity index (χ2n) is 4.62. The molecule has 0 saturated heterocycles. The topological polar surface area (TPSA) is 58.4 Å². The maximum Gasteiger partial charge on any atom is 0.312 e. The number of hydrogen-bond donors (Lipinski definition) is 2. The third-order valence-corrected chi connectivity index (χ3v) is 3.50. The van der Waals surface area contributed by atoms with E-state index in [4.69, 9.17) is 5.73 Å². The fraction of sp³-hybridized carbons (Fsp3) is 0.133. The van der Waals surface area contributed by atoms with Gasteiger partial charge in [-0.2, -0.15) is 0 Å². The normalized spacial score (nSPS) is 13.6. The van der Waals surface area contributed by atoms with Crippen LogP contribution >= 0.6 is 0 Å².